The minimum absolute atomic E-state index is 0. The van der Waals surface area contributed by atoms with Gasteiger partial charge in [-0.1, -0.05) is 177 Å². The largest absolute Gasteiger partial charge is 2.00 e. The first-order valence-corrected chi connectivity index (χ1v) is 23.3. The van der Waals surface area contributed by atoms with E-state index in [1.54, 1.807) is 4.70 Å². The molecule has 0 spiro atoms. The van der Waals surface area contributed by atoms with Crippen LogP contribution in [0.4, 0.5) is 0 Å². The summed E-state index contributed by atoms with van der Waals surface area (Å²) in [6.45, 7) is 21.1. The van der Waals surface area contributed by atoms with E-state index in [1.165, 1.54) is 107 Å². The van der Waals surface area contributed by atoms with Crippen LogP contribution >= 0.6 is 0 Å². The van der Waals surface area contributed by atoms with Gasteiger partial charge in [-0.05, 0) is 111 Å². The van der Waals surface area contributed by atoms with Crippen molar-refractivity contribution in [2.24, 2.45) is 0 Å². The van der Waals surface area contributed by atoms with Crippen molar-refractivity contribution in [3.63, 3.8) is 0 Å². The van der Waals surface area contributed by atoms with Crippen LogP contribution in [-0.4, -0.2) is 4.70 Å². The zero-order chi connectivity index (χ0) is 42.0. The summed E-state index contributed by atoms with van der Waals surface area (Å²) in [5, 5.41) is 0. The first-order chi connectivity index (χ1) is 28.4. The van der Waals surface area contributed by atoms with Crippen molar-refractivity contribution in [3.05, 3.63) is 172 Å². The fourth-order valence-corrected chi connectivity index (χ4v) is 7.79. The maximum atomic E-state index is 12.2. The van der Waals surface area contributed by atoms with Crippen molar-refractivity contribution < 1.29 is 25.1 Å². The molecule has 4 aromatic rings. The summed E-state index contributed by atoms with van der Waals surface area (Å²) in [5.41, 5.74) is 27.6. The number of nitrogens with zero attached hydrogens (tertiary/aromatic N) is 2. The van der Waals surface area contributed by atoms with E-state index in [0.29, 0.717) is 0 Å². The molecule has 3 heteroatoms. The normalized spacial score (nSPS) is 12.2. The fourth-order valence-electron chi connectivity index (χ4n) is 7.79. The van der Waals surface area contributed by atoms with Crippen LogP contribution in [0.5, 0.6) is 0 Å². The van der Waals surface area contributed by atoms with Gasteiger partial charge in [0.05, 0.1) is 0 Å². The summed E-state index contributed by atoms with van der Waals surface area (Å²) in [5.74, 6) is 0. The Hall–Kier alpha value is -3.38. The molecule has 2 nitrogen and oxygen atoms in total. The molecule has 322 valence electrons. The van der Waals surface area contributed by atoms with Crippen LogP contribution in [-0.2, 0) is 58.9 Å². The van der Waals surface area contributed by atoms with Gasteiger partial charge in [-0.2, -0.15) is 12.8 Å². The van der Waals surface area contributed by atoms with Crippen molar-refractivity contribution in [3.8, 4) is 0 Å². The van der Waals surface area contributed by atoms with Crippen LogP contribution in [0.2, 0.25) is 0 Å². The molecule has 1 heterocycles. The molecular weight excluding hydrogens is 807 g/mol. The van der Waals surface area contributed by atoms with E-state index in [4.69, 9.17) is 0 Å². The molecule has 4 aromatic carbocycles. The summed E-state index contributed by atoms with van der Waals surface area (Å²) in [7, 11) is 0. The molecule has 0 N–H and O–H groups in total. The van der Waals surface area contributed by atoms with Gasteiger partial charge < -0.3 is 19.4 Å². The van der Waals surface area contributed by atoms with Crippen LogP contribution in [0, 0.1) is 13.8 Å². The zero-order valence-corrected chi connectivity index (χ0v) is 39.6. The number of unbranched alkanes of at least 4 members (excludes halogenated alkanes) is 8. The first-order valence-electron chi connectivity index (χ1n) is 23.3. The molecule has 0 saturated carbocycles. The van der Waals surface area contributed by atoms with Gasteiger partial charge in [-0.3, -0.25) is 0 Å². The second kappa shape index (κ2) is 30.6. The minimum Gasteiger partial charge on any atom is -0.493 e. The molecule has 1 aliphatic rings. The van der Waals surface area contributed by atoms with Crippen LogP contribution in [0.25, 0.3) is 16.9 Å². The molecular formula is C56H78N2Pd. The quantitative estimate of drug-likeness (QED) is 0.0325. The molecule has 0 amide bonds. The molecule has 0 aliphatic carbocycles. The molecule has 1 aliphatic heterocycles. The van der Waals surface area contributed by atoms with E-state index in [0.717, 1.165) is 88.4 Å². The molecule has 0 unspecified atom stereocenters. The van der Waals surface area contributed by atoms with Gasteiger partial charge in [0.2, 0.25) is 11.4 Å². The van der Waals surface area contributed by atoms with E-state index in [9.17, 15) is 5.53 Å². The molecule has 5 rings (SSSR count). The predicted octanol–water partition coefficient (Wildman–Crippen LogP) is 16.7. The summed E-state index contributed by atoms with van der Waals surface area (Å²) in [6.07, 6.45) is 22.9. The van der Waals surface area contributed by atoms with E-state index >= 15 is 0 Å². The van der Waals surface area contributed by atoms with Crippen LogP contribution in [0.15, 0.2) is 108 Å². The van der Waals surface area contributed by atoms with E-state index in [-0.39, 0.29) is 20.4 Å². The Bertz CT molecular complexity index is 1730. The van der Waals surface area contributed by atoms with Gasteiger partial charge in [-0.25, -0.2) is 4.70 Å². The molecule has 0 saturated heterocycles. The first kappa shape index (κ1) is 51.8. The topological polar surface area (TPSA) is 25.3 Å². The summed E-state index contributed by atoms with van der Waals surface area (Å²) >= 11 is 0. The summed E-state index contributed by atoms with van der Waals surface area (Å²) < 4.78 is 1.61. The number of hydrogen-bond acceptors (Lipinski definition) is 0. The number of aryl methyl sites for hydroxylation is 4. The molecule has 0 bridgehead atoms. The zero-order valence-electron chi connectivity index (χ0n) is 38.0. The van der Waals surface area contributed by atoms with E-state index < -0.39 is 0 Å². The van der Waals surface area contributed by atoms with Crippen molar-refractivity contribution >= 4 is 11.4 Å². The van der Waals surface area contributed by atoms with E-state index in [1.807, 2.05) is 36.4 Å². The Balaban J connectivity index is 0.000000580. The molecule has 59 heavy (non-hydrogen) atoms. The summed E-state index contributed by atoms with van der Waals surface area (Å²) in [4.78, 5) is 0. The Morgan fingerprint density at radius 1 is 0.407 bits per heavy atom. The average molecular weight is 886 g/mol. The van der Waals surface area contributed by atoms with Crippen LogP contribution < -0.4 is 0 Å². The molecule has 0 fully saturated rings. The third kappa shape index (κ3) is 17.6. The van der Waals surface area contributed by atoms with Gasteiger partial charge in [0.15, 0.2) is 0 Å². The SMILES string of the molecule is CCCCCCc1cc(CCCCCC)cc(C2=C(CCCC)C(CCCC)=C(c3cc(CC)cc(CC)c3)[N+]2=[N-])c1.[CH2-]Cc1ccccc1.[CH2-]Cc1ccccc1.[Pd+2]. The van der Waals surface area contributed by atoms with Crippen molar-refractivity contribution in [1.29, 1.82) is 0 Å². The van der Waals surface area contributed by atoms with Gasteiger partial charge in [0, 0.05) is 22.3 Å². The molecule has 0 radical (unpaired) electrons. The van der Waals surface area contributed by atoms with Gasteiger partial charge in [0.25, 0.3) is 0 Å². The second-order valence-electron chi connectivity index (χ2n) is 16.0. The van der Waals surface area contributed by atoms with Gasteiger partial charge in [-0.15, -0.1) is 0 Å². The number of rotatable bonds is 22. The fraction of sp³-hybridized carbons (Fsp3) is 0.464. The van der Waals surface area contributed by atoms with Crippen LogP contribution in [0.3, 0.4) is 0 Å². The number of allylic oxidation sites excluding steroid dienone is 2. The van der Waals surface area contributed by atoms with Gasteiger partial charge >= 0.3 is 20.4 Å². The minimum atomic E-state index is 0. The third-order valence-electron chi connectivity index (χ3n) is 11.3. The van der Waals surface area contributed by atoms with Gasteiger partial charge in [0.1, 0.15) is 0 Å². The molecule has 0 aromatic heterocycles. The van der Waals surface area contributed by atoms with E-state index in [2.05, 4.69) is 116 Å². The third-order valence-corrected chi connectivity index (χ3v) is 11.3. The Morgan fingerprint density at radius 3 is 1.08 bits per heavy atom. The Labute approximate surface area is 376 Å². The maximum Gasteiger partial charge on any atom is 2.00 e. The Kier molecular flexibility index (Phi) is 26.9. The van der Waals surface area contributed by atoms with Crippen LogP contribution in [0.1, 0.15) is 176 Å². The van der Waals surface area contributed by atoms with Crippen molar-refractivity contribution in [2.75, 3.05) is 0 Å². The second-order valence-corrected chi connectivity index (χ2v) is 16.0. The molecule has 0 atom stereocenters. The standard InChI is InChI=1S/C40H60N2.2C8H9.Pd/c1-7-13-17-19-21-33-26-34(22-20-18-14-8-2)30-36(29-33)40-38(24-16-10-4)37(23-15-9-3)39(42(40)41)35-27-31(11-5)25-32(12-6)28-35;2*1-2-8-6-4-3-5-7-8;/h25-30H,7-24H2,1-6H3;2*3-7H,1-2H2;/q;2*-1;+2. The monoisotopic (exact) mass is 885 g/mol. The maximum absolute atomic E-state index is 12.2. The number of hydrogen-bond donors (Lipinski definition) is 0. The summed E-state index contributed by atoms with van der Waals surface area (Å²) in [6, 6.07) is 34.7. The van der Waals surface area contributed by atoms with Crippen molar-refractivity contribution in [2.45, 2.75) is 170 Å². The predicted molar refractivity (Wildman–Crippen MR) is 255 cm³/mol. The smallest absolute Gasteiger partial charge is 0.493 e. The Morgan fingerprint density at radius 2 is 0.763 bits per heavy atom. The average Bonchev–Trinajstić information content (AvgIpc) is 3.55. The van der Waals surface area contributed by atoms with Crippen molar-refractivity contribution in [1.82, 2.24) is 0 Å². The number of benzene rings is 4.